The molecule has 1 unspecified atom stereocenters. The lowest BCUT2D eigenvalue weighted by Crippen LogP contribution is -2.12. The summed E-state index contributed by atoms with van der Waals surface area (Å²) in [6.45, 7) is 0.876. The smallest absolute Gasteiger partial charge is 0.388 e. The molecule has 4 N–H and O–H groups in total. The fourth-order valence-electron chi connectivity index (χ4n) is 2.00. The summed E-state index contributed by atoms with van der Waals surface area (Å²) >= 11 is 16.5. The predicted octanol–water partition coefficient (Wildman–Crippen LogP) is 5.05. The van der Waals surface area contributed by atoms with Gasteiger partial charge in [0.1, 0.15) is 27.1 Å². The molecule has 4 nitrogen and oxygen atoms in total. The standard InChI is InChI=1S/C13H9Cl2F5N4S2/c1-4(16)26(20)10-8(12(22)25)23-24(11(10)21)9-6(14)2-5(3-7(9)15)13(17,18)19/h2-3H,21H2,1H3,(H2,22,25). The average Bonchev–Trinajstić information content (AvgIpc) is 2.82. The first kappa shape index (κ1) is 20.9. The van der Waals surface area contributed by atoms with Crippen molar-refractivity contribution in [2.45, 2.75) is 18.0 Å². The fraction of sp³-hybridized carbons (Fsp3) is 0.154. The van der Waals surface area contributed by atoms with E-state index in [9.17, 15) is 21.4 Å². The molecule has 1 atom stereocenters. The number of anilines is 1. The number of nitrogens with two attached hydrogens (primary N) is 2. The first-order chi connectivity index (χ1) is 11.9. The number of alkyl halides is 3. The zero-order chi connectivity index (χ0) is 20.0. The van der Waals surface area contributed by atoms with Gasteiger partial charge in [0, 0.05) is 0 Å². The SMILES string of the molecule is CC(F)=S(F)c1c(C(N)=S)nn(-c2c(Cl)cc(C(F)(F)F)cc2Cl)c1N. The average molecular weight is 451 g/mol. The molecular weight excluding hydrogens is 442 g/mol. The number of hydrogen-bond donors (Lipinski definition) is 2. The Hall–Kier alpha value is -1.43. The zero-order valence-electron chi connectivity index (χ0n) is 12.7. The van der Waals surface area contributed by atoms with E-state index in [1.807, 2.05) is 0 Å². The number of benzene rings is 1. The Kier molecular flexibility index (Phi) is 5.86. The molecule has 0 fully saturated rings. The maximum absolute atomic E-state index is 14.2. The minimum atomic E-state index is -4.69. The highest BCUT2D eigenvalue weighted by molar-refractivity contribution is 8.11. The van der Waals surface area contributed by atoms with Crippen LogP contribution in [0.15, 0.2) is 17.0 Å². The van der Waals surface area contributed by atoms with Crippen molar-refractivity contribution in [3.05, 3.63) is 33.4 Å². The first-order valence-electron chi connectivity index (χ1n) is 6.50. The summed E-state index contributed by atoms with van der Waals surface area (Å²) in [4.78, 5) is -0.828. The van der Waals surface area contributed by atoms with Gasteiger partial charge in [-0.15, -0.1) is 0 Å². The monoisotopic (exact) mass is 450 g/mol. The third-order valence-electron chi connectivity index (χ3n) is 3.09. The van der Waals surface area contributed by atoms with E-state index < -0.39 is 48.5 Å². The summed E-state index contributed by atoms with van der Waals surface area (Å²) in [5.41, 5.74) is 9.59. The van der Waals surface area contributed by atoms with E-state index in [-0.39, 0.29) is 16.4 Å². The third kappa shape index (κ3) is 3.80. The van der Waals surface area contributed by atoms with Gasteiger partial charge in [0.15, 0.2) is 5.12 Å². The van der Waals surface area contributed by atoms with Gasteiger partial charge in [-0.2, -0.15) is 22.2 Å². The molecule has 0 saturated carbocycles. The zero-order valence-corrected chi connectivity index (χ0v) is 15.8. The minimum absolute atomic E-state index is 0.254. The maximum Gasteiger partial charge on any atom is 0.416 e. The van der Waals surface area contributed by atoms with Gasteiger partial charge in [-0.3, -0.25) is 0 Å². The molecule has 1 aromatic heterocycles. The number of thiocarbonyl (C=S) groups is 1. The molecule has 0 amide bonds. The maximum atomic E-state index is 14.2. The van der Waals surface area contributed by atoms with E-state index >= 15 is 0 Å². The molecule has 2 rings (SSSR count). The van der Waals surface area contributed by atoms with Crippen LogP contribution in [-0.2, 0) is 6.18 Å². The molecular formula is C13H9Cl2F5N4S2. The normalized spacial score (nSPS) is 13.6. The van der Waals surface area contributed by atoms with Crippen molar-refractivity contribution in [3.63, 3.8) is 0 Å². The minimum Gasteiger partial charge on any atom is -0.388 e. The highest BCUT2D eigenvalue weighted by Crippen LogP contribution is 2.42. The number of nitrogen functional groups attached to an aromatic ring is 1. The van der Waals surface area contributed by atoms with Gasteiger partial charge < -0.3 is 11.5 Å². The summed E-state index contributed by atoms with van der Waals surface area (Å²) in [6, 6.07) is 1.21. The Bertz CT molecular complexity index is 912. The molecule has 26 heavy (non-hydrogen) atoms. The van der Waals surface area contributed by atoms with Crippen molar-refractivity contribution in [2.75, 3.05) is 5.73 Å². The van der Waals surface area contributed by atoms with Crippen LogP contribution in [0.1, 0.15) is 18.2 Å². The van der Waals surface area contributed by atoms with Gasteiger partial charge in [0.05, 0.1) is 26.5 Å². The van der Waals surface area contributed by atoms with Gasteiger partial charge in [0.2, 0.25) is 0 Å². The fourth-order valence-corrected chi connectivity index (χ4v) is 3.72. The Labute approximate surface area is 162 Å². The number of rotatable bonds is 3. The van der Waals surface area contributed by atoms with Crippen molar-refractivity contribution in [1.82, 2.24) is 9.78 Å². The van der Waals surface area contributed by atoms with E-state index in [2.05, 4.69) is 5.10 Å². The molecule has 0 aliphatic heterocycles. The molecule has 142 valence electrons. The van der Waals surface area contributed by atoms with Crippen LogP contribution in [-0.4, -0.2) is 19.9 Å². The summed E-state index contributed by atoms with van der Waals surface area (Å²) in [5, 5.41) is 1.83. The molecule has 1 aromatic carbocycles. The van der Waals surface area contributed by atoms with Crippen LogP contribution in [0.5, 0.6) is 0 Å². The summed E-state index contributed by atoms with van der Waals surface area (Å²) in [5.74, 6) is -0.445. The molecule has 0 aliphatic rings. The Balaban J connectivity index is 2.81. The lowest BCUT2D eigenvalue weighted by Gasteiger charge is -2.13. The van der Waals surface area contributed by atoms with E-state index in [1.165, 1.54) is 0 Å². The molecule has 13 heteroatoms. The van der Waals surface area contributed by atoms with E-state index in [0.717, 1.165) is 11.6 Å². The third-order valence-corrected chi connectivity index (χ3v) is 5.12. The van der Waals surface area contributed by atoms with Crippen molar-refractivity contribution >= 4 is 62.2 Å². The second-order valence-electron chi connectivity index (χ2n) is 4.85. The van der Waals surface area contributed by atoms with Gasteiger partial charge in [-0.1, -0.05) is 35.4 Å². The Morgan fingerprint density at radius 3 is 2.15 bits per heavy atom. The van der Waals surface area contributed by atoms with Gasteiger partial charge in [0.25, 0.3) is 0 Å². The number of halogens is 7. The lowest BCUT2D eigenvalue weighted by atomic mass is 10.2. The predicted molar refractivity (Wildman–Crippen MR) is 97.6 cm³/mol. The van der Waals surface area contributed by atoms with Crippen LogP contribution >= 0.6 is 46.3 Å². The molecule has 0 aliphatic carbocycles. The number of aromatic nitrogens is 2. The van der Waals surface area contributed by atoms with Crippen molar-refractivity contribution < 1.29 is 21.4 Å². The Morgan fingerprint density at radius 1 is 1.27 bits per heavy atom. The van der Waals surface area contributed by atoms with Crippen LogP contribution < -0.4 is 11.5 Å². The second kappa shape index (κ2) is 7.29. The van der Waals surface area contributed by atoms with Gasteiger partial charge in [-0.25, -0.2) is 9.07 Å². The van der Waals surface area contributed by atoms with Crippen molar-refractivity contribution in [2.24, 2.45) is 5.73 Å². The highest BCUT2D eigenvalue weighted by atomic mass is 35.5. The van der Waals surface area contributed by atoms with E-state index in [0.29, 0.717) is 12.1 Å². The molecule has 0 bridgehead atoms. The lowest BCUT2D eigenvalue weighted by molar-refractivity contribution is -0.137. The second-order valence-corrected chi connectivity index (χ2v) is 7.59. The van der Waals surface area contributed by atoms with Gasteiger partial charge >= 0.3 is 6.18 Å². The summed E-state index contributed by atoms with van der Waals surface area (Å²) < 4.78 is 66.9. The van der Waals surface area contributed by atoms with Crippen molar-refractivity contribution in [3.8, 4) is 5.69 Å². The molecule has 0 radical (unpaired) electrons. The van der Waals surface area contributed by atoms with Gasteiger partial charge in [-0.05, 0) is 19.1 Å². The van der Waals surface area contributed by atoms with Crippen LogP contribution in [0.25, 0.3) is 5.69 Å². The van der Waals surface area contributed by atoms with Crippen LogP contribution in [0.3, 0.4) is 0 Å². The Morgan fingerprint density at radius 2 is 1.77 bits per heavy atom. The summed E-state index contributed by atoms with van der Waals surface area (Å²) in [7, 11) is -2.61. The largest absolute Gasteiger partial charge is 0.416 e. The number of hydrogen-bond acceptors (Lipinski definition) is 3. The molecule has 1 heterocycles. The molecule has 2 aromatic rings. The number of nitrogens with zero attached hydrogens (tertiary/aromatic N) is 2. The van der Waals surface area contributed by atoms with E-state index in [4.69, 9.17) is 46.9 Å². The molecule has 0 saturated heterocycles. The first-order valence-corrected chi connectivity index (χ1v) is 8.79. The van der Waals surface area contributed by atoms with Crippen LogP contribution in [0.2, 0.25) is 10.0 Å². The van der Waals surface area contributed by atoms with E-state index in [1.54, 1.807) is 0 Å². The van der Waals surface area contributed by atoms with Crippen LogP contribution in [0.4, 0.5) is 27.3 Å². The highest BCUT2D eigenvalue weighted by Gasteiger charge is 2.33. The molecule has 0 spiro atoms. The van der Waals surface area contributed by atoms with Crippen LogP contribution in [0, 0.1) is 0 Å². The van der Waals surface area contributed by atoms with Crippen molar-refractivity contribution in [1.29, 1.82) is 0 Å². The quantitative estimate of drug-likeness (QED) is 0.390. The summed E-state index contributed by atoms with van der Waals surface area (Å²) in [6.07, 6.45) is -4.69. The topological polar surface area (TPSA) is 69.9 Å².